The summed E-state index contributed by atoms with van der Waals surface area (Å²) in [6, 6.07) is 8.70. The lowest BCUT2D eigenvalue weighted by Gasteiger charge is -2.40. The van der Waals surface area contributed by atoms with Crippen molar-refractivity contribution in [2.75, 3.05) is 43.4 Å². The minimum atomic E-state index is -0.00940. The van der Waals surface area contributed by atoms with Gasteiger partial charge < -0.3 is 14.7 Å². The molecule has 0 saturated carbocycles. The molecule has 10 heteroatoms. The number of rotatable bonds is 5. The number of piperidine rings is 1. The van der Waals surface area contributed by atoms with Gasteiger partial charge in [0.15, 0.2) is 5.16 Å². The van der Waals surface area contributed by atoms with Crippen LogP contribution in [0.15, 0.2) is 35.5 Å². The van der Waals surface area contributed by atoms with Crippen molar-refractivity contribution >= 4 is 52.6 Å². The molecule has 0 N–H and O–H groups in total. The number of carbonyl (C=O) groups is 2. The number of aromatic nitrogens is 2. The van der Waals surface area contributed by atoms with Gasteiger partial charge >= 0.3 is 0 Å². The Hall–Kier alpha value is -2.03. The van der Waals surface area contributed by atoms with Crippen LogP contribution in [0.5, 0.6) is 0 Å². The number of nitrogens with zero attached hydrogens (tertiary/aromatic N) is 5. The average molecular weight is 523 g/mol. The molecule has 2 aliphatic rings. The maximum atomic E-state index is 12.9. The molecule has 2 amide bonds. The summed E-state index contributed by atoms with van der Waals surface area (Å²) in [5, 5.41) is 1.45. The molecule has 1 aromatic carbocycles. The van der Waals surface area contributed by atoms with E-state index >= 15 is 0 Å². The van der Waals surface area contributed by atoms with Gasteiger partial charge in [-0.15, -0.1) is 0 Å². The van der Waals surface area contributed by atoms with Crippen LogP contribution < -0.4 is 4.90 Å². The van der Waals surface area contributed by atoms with Gasteiger partial charge in [0.25, 0.3) is 5.91 Å². The smallest absolute Gasteiger partial charge is 0.254 e. The van der Waals surface area contributed by atoms with Crippen molar-refractivity contribution in [2.24, 2.45) is 5.92 Å². The first-order valence-electron chi connectivity index (χ1n) is 11.6. The summed E-state index contributed by atoms with van der Waals surface area (Å²) in [5.41, 5.74) is 0.626. The molecule has 7 nitrogen and oxygen atoms in total. The summed E-state index contributed by atoms with van der Waals surface area (Å²) < 4.78 is 0. The predicted octanol–water partition coefficient (Wildman–Crippen LogP) is 4.48. The lowest BCUT2D eigenvalue weighted by molar-refractivity contribution is -0.129. The van der Waals surface area contributed by atoms with Crippen LogP contribution in [0.2, 0.25) is 10.2 Å². The van der Waals surface area contributed by atoms with Gasteiger partial charge in [-0.05, 0) is 49.9 Å². The van der Waals surface area contributed by atoms with Crippen LogP contribution in [-0.4, -0.2) is 76.1 Å². The number of likely N-dealkylation sites (tertiary alicyclic amines) is 1. The highest BCUT2D eigenvalue weighted by molar-refractivity contribution is 7.99. The SMILES string of the molecule is CC1CCN(C(=O)CSc2nc(Cl)cc(N3CCN(C(=O)c4ccc(Cl)cc4)C(C)C3)n2)CC1. The minimum absolute atomic E-state index is 0.00796. The van der Waals surface area contributed by atoms with Gasteiger partial charge in [-0.3, -0.25) is 9.59 Å². The first kappa shape index (κ1) is 25.1. The molecule has 3 heterocycles. The number of hydrogen-bond acceptors (Lipinski definition) is 6. The zero-order valence-electron chi connectivity index (χ0n) is 19.4. The molecule has 2 saturated heterocycles. The molecule has 34 heavy (non-hydrogen) atoms. The van der Waals surface area contributed by atoms with Crippen LogP contribution in [0.25, 0.3) is 0 Å². The monoisotopic (exact) mass is 521 g/mol. The van der Waals surface area contributed by atoms with Gasteiger partial charge in [0.2, 0.25) is 5.91 Å². The molecule has 2 aromatic rings. The Morgan fingerprint density at radius 2 is 1.74 bits per heavy atom. The molecular weight excluding hydrogens is 493 g/mol. The number of piperazine rings is 1. The van der Waals surface area contributed by atoms with Gasteiger partial charge in [-0.1, -0.05) is 41.9 Å². The molecule has 1 unspecified atom stereocenters. The van der Waals surface area contributed by atoms with Crippen LogP contribution in [0.1, 0.15) is 37.0 Å². The van der Waals surface area contributed by atoms with Crippen molar-refractivity contribution < 1.29 is 9.59 Å². The molecule has 2 fully saturated rings. The normalized spacial score (nSPS) is 19.4. The summed E-state index contributed by atoms with van der Waals surface area (Å²) in [6.07, 6.45) is 2.11. The fraction of sp³-hybridized carbons (Fsp3) is 0.500. The Balaban J connectivity index is 1.36. The lowest BCUT2D eigenvalue weighted by atomic mass is 9.99. The van der Waals surface area contributed by atoms with Gasteiger partial charge in [0, 0.05) is 55.4 Å². The zero-order chi connectivity index (χ0) is 24.2. The Morgan fingerprint density at radius 1 is 1.03 bits per heavy atom. The molecule has 1 atom stereocenters. The van der Waals surface area contributed by atoms with E-state index in [1.54, 1.807) is 30.3 Å². The fourth-order valence-electron chi connectivity index (χ4n) is 4.31. The van der Waals surface area contributed by atoms with Crippen molar-refractivity contribution in [1.82, 2.24) is 19.8 Å². The fourth-order valence-corrected chi connectivity index (χ4v) is 5.42. The van der Waals surface area contributed by atoms with Crippen molar-refractivity contribution in [3.63, 3.8) is 0 Å². The Morgan fingerprint density at radius 3 is 2.41 bits per heavy atom. The van der Waals surface area contributed by atoms with E-state index in [-0.39, 0.29) is 17.9 Å². The summed E-state index contributed by atoms with van der Waals surface area (Å²) in [5.74, 6) is 1.80. The van der Waals surface area contributed by atoms with Crippen molar-refractivity contribution in [3.05, 3.63) is 46.1 Å². The van der Waals surface area contributed by atoms with Crippen LogP contribution in [0.4, 0.5) is 5.82 Å². The highest BCUT2D eigenvalue weighted by Gasteiger charge is 2.29. The highest BCUT2D eigenvalue weighted by atomic mass is 35.5. The first-order valence-corrected chi connectivity index (χ1v) is 13.3. The molecule has 0 spiro atoms. The maximum Gasteiger partial charge on any atom is 0.254 e. The number of amides is 2. The number of thioether (sulfide) groups is 1. The number of benzene rings is 1. The molecule has 1 aromatic heterocycles. The van der Waals surface area contributed by atoms with Crippen LogP contribution in [0.3, 0.4) is 0 Å². The van der Waals surface area contributed by atoms with Gasteiger partial charge in [0.1, 0.15) is 11.0 Å². The van der Waals surface area contributed by atoms with E-state index in [0.29, 0.717) is 58.0 Å². The van der Waals surface area contributed by atoms with Crippen LogP contribution in [-0.2, 0) is 4.79 Å². The van der Waals surface area contributed by atoms with Crippen molar-refractivity contribution in [3.8, 4) is 0 Å². The lowest BCUT2D eigenvalue weighted by Crippen LogP contribution is -2.54. The summed E-state index contributed by atoms with van der Waals surface area (Å²) in [4.78, 5) is 40.4. The topological polar surface area (TPSA) is 69.6 Å². The first-order chi connectivity index (χ1) is 16.3. The third-order valence-electron chi connectivity index (χ3n) is 6.43. The summed E-state index contributed by atoms with van der Waals surface area (Å²) in [7, 11) is 0. The van der Waals surface area contributed by atoms with Gasteiger partial charge in [-0.2, -0.15) is 0 Å². The zero-order valence-corrected chi connectivity index (χ0v) is 21.7. The van der Waals surface area contributed by atoms with Gasteiger partial charge in [0.05, 0.1) is 5.75 Å². The third-order valence-corrected chi connectivity index (χ3v) is 7.70. The largest absolute Gasteiger partial charge is 0.353 e. The Labute approximate surface area is 214 Å². The molecule has 0 aliphatic carbocycles. The van der Waals surface area contributed by atoms with Crippen LogP contribution in [0, 0.1) is 5.92 Å². The highest BCUT2D eigenvalue weighted by Crippen LogP contribution is 2.26. The van der Waals surface area contributed by atoms with E-state index in [4.69, 9.17) is 23.2 Å². The predicted molar refractivity (Wildman–Crippen MR) is 137 cm³/mol. The number of anilines is 1. The van der Waals surface area contributed by atoms with E-state index in [9.17, 15) is 9.59 Å². The van der Waals surface area contributed by atoms with E-state index in [0.717, 1.165) is 25.9 Å². The van der Waals surface area contributed by atoms with E-state index in [2.05, 4.69) is 21.8 Å². The van der Waals surface area contributed by atoms with E-state index in [1.165, 1.54) is 11.8 Å². The Bertz CT molecular complexity index is 1030. The van der Waals surface area contributed by atoms with E-state index in [1.807, 2.05) is 16.7 Å². The maximum absolute atomic E-state index is 12.9. The molecule has 4 rings (SSSR count). The Kier molecular flexibility index (Phi) is 8.22. The molecule has 0 bridgehead atoms. The number of carbonyl (C=O) groups excluding carboxylic acids is 2. The molecule has 0 radical (unpaired) electrons. The average Bonchev–Trinajstić information content (AvgIpc) is 2.82. The second-order valence-electron chi connectivity index (χ2n) is 8.98. The van der Waals surface area contributed by atoms with E-state index < -0.39 is 0 Å². The standard InChI is InChI=1S/C24H29Cl2N5O2S/c1-16-7-9-29(10-8-16)22(32)15-34-24-27-20(26)13-21(28-24)30-11-12-31(17(2)14-30)23(33)18-3-5-19(25)6-4-18/h3-6,13,16-17H,7-12,14-15H2,1-2H3. The summed E-state index contributed by atoms with van der Waals surface area (Å²) >= 11 is 13.6. The summed E-state index contributed by atoms with van der Waals surface area (Å²) in [6.45, 7) is 7.72. The minimum Gasteiger partial charge on any atom is -0.353 e. The molecule has 2 aliphatic heterocycles. The molecular formula is C24H29Cl2N5O2S. The number of hydrogen-bond donors (Lipinski definition) is 0. The second kappa shape index (κ2) is 11.1. The van der Waals surface area contributed by atoms with Crippen molar-refractivity contribution in [1.29, 1.82) is 0 Å². The second-order valence-corrected chi connectivity index (χ2v) is 10.8. The van der Waals surface area contributed by atoms with Crippen LogP contribution >= 0.6 is 35.0 Å². The van der Waals surface area contributed by atoms with Gasteiger partial charge in [-0.25, -0.2) is 9.97 Å². The quantitative estimate of drug-likeness (QED) is 0.328. The van der Waals surface area contributed by atoms with Crippen molar-refractivity contribution in [2.45, 2.75) is 37.9 Å². The third kappa shape index (κ3) is 6.15. The molecule has 182 valence electrons. The number of halogens is 2.